The van der Waals surface area contributed by atoms with Crippen LogP contribution in [0.15, 0.2) is 42.5 Å². The summed E-state index contributed by atoms with van der Waals surface area (Å²) in [6.07, 6.45) is -0.673. The standard InChI is InChI=1S/C19H21NO4/c1-12-7-5-8-15(11-12)24-14(3)18(21)20-17-10-6-9-16(13(17)2)19(22)23-4/h5-11,14H,1-4H3,(H,20,21)/t14-/m1/s1. The Kier molecular flexibility index (Phi) is 5.58. The molecule has 0 spiro atoms. The lowest BCUT2D eigenvalue weighted by atomic mass is 10.1. The van der Waals surface area contributed by atoms with Gasteiger partial charge in [-0.05, 0) is 56.2 Å². The van der Waals surface area contributed by atoms with E-state index in [1.165, 1.54) is 7.11 Å². The molecule has 0 fully saturated rings. The highest BCUT2D eigenvalue weighted by molar-refractivity contribution is 5.98. The molecule has 1 N–H and O–H groups in total. The zero-order valence-corrected chi connectivity index (χ0v) is 14.3. The van der Waals surface area contributed by atoms with E-state index in [-0.39, 0.29) is 5.91 Å². The third-order valence-corrected chi connectivity index (χ3v) is 3.67. The molecule has 1 atom stereocenters. The van der Waals surface area contributed by atoms with Crippen LogP contribution in [0.1, 0.15) is 28.4 Å². The Balaban J connectivity index is 2.10. The Bertz CT molecular complexity index is 755. The number of benzene rings is 2. The number of aryl methyl sites for hydroxylation is 1. The van der Waals surface area contributed by atoms with Crippen LogP contribution in [0.3, 0.4) is 0 Å². The molecule has 126 valence electrons. The molecular weight excluding hydrogens is 306 g/mol. The summed E-state index contributed by atoms with van der Waals surface area (Å²) in [4.78, 5) is 24.1. The van der Waals surface area contributed by atoms with Gasteiger partial charge in [0.2, 0.25) is 0 Å². The molecule has 5 nitrogen and oxygen atoms in total. The number of hydrogen-bond donors (Lipinski definition) is 1. The quantitative estimate of drug-likeness (QED) is 0.854. The van der Waals surface area contributed by atoms with Crippen LogP contribution < -0.4 is 10.1 Å². The topological polar surface area (TPSA) is 64.6 Å². The molecule has 2 aromatic rings. The number of ether oxygens (including phenoxy) is 2. The second-order valence-electron chi connectivity index (χ2n) is 5.54. The molecule has 0 saturated carbocycles. The number of hydrogen-bond acceptors (Lipinski definition) is 4. The molecule has 0 aromatic heterocycles. The highest BCUT2D eigenvalue weighted by Crippen LogP contribution is 2.21. The number of carbonyl (C=O) groups excluding carboxylic acids is 2. The van der Waals surface area contributed by atoms with Crippen molar-refractivity contribution in [1.29, 1.82) is 0 Å². The van der Waals surface area contributed by atoms with E-state index in [9.17, 15) is 9.59 Å². The maximum atomic E-state index is 12.4. The molecular formula is C19H21NO4. The van der Waals surface area contributed by atoms with Gasteiger partial charge in [-0.1, -0.05) is 18.2 Å². The summed E-state index contributed by atoms with van der Waals surface area (Å²) in [5.74, 6) is -0.0908. The van der Waals surface area contributed by atoms with Crippen molar-refractivity contribution in [1.82, 2.24) is 0 Å². The van der Waals surface area contributed by atoms with Crippen LogP contribution in [0.25, 0.3) is 0 Å². The van der Waals surface area contributed by atoms with Crippen LogP contribution in [-0.4, -0.2) is 25.1 Å². The van der Waals surface area contributed by atoms with Crippen molar-refractivity contribution < 1.29 is 19.1 Å². The number of esters is 1. The van der Waals surface area contributed by atoms with Crippen molar-refractivity contribution in [2.75, 3.05) is 12.4 Å². The van der Waals surface area contributed by atoms with E-state index < -0.39 is 12.1 Å². The summed E-state index contributed by atoms with van der Waals surface area (Å²) in [6.45, 7) is 5.39. The van der Waals surface area contributed by atoms with Crippen molar-refractivity contribution in [3.05, 3.63) is 59.2 Å². The van der Waals surface area contributed by atoms with Gasteiger partial charge in [0.15, 0.2) is 6.10 Å². The molecule has 24 heavy (non-hydrogen) atoms. The minimum atomic E-state index is -0.673. The Labute approximate surface area is 141 Å². The second kappa shape index (κ2) is 7.64. The Morgan fingerprint density at radius 2 is 1.79 bits per heavy atom. The Hall–Kier alpha value is -2.82. The van der Waals surface area contributed by atoms with Gasteiger partial charge in [0.05, 0.1) is 12.7 Å². The second-order valence-corrected chi connectivity index (χ2v) is 5.54. The van der Waals surface area contributed by atoms with Gasteiger partial charge >= 0.3 is 5.97 Å². The summed E-state index contributed by atoms with van der Waals surface area (Å²) < 4.78 is 10.4. The van der Waals surface area contributed by atoms with Crippen molar-refractivity contribution in [2.45, 2.75) is 26.9 Å². The zero-order valence-electron chi connectivity index (χ0n) is 14.3. The third kappa shape index (κ3) is 4.13. The van der Waals surface area contributed by atoms with Crippen LogP contribution in [0.2, 0.25) is 0 Å². The molecule has 0 unspecified atom stereocenters. The molecule has 0 saturated heterocycles. The monoisotopic (exact) mass is 327 g/mol. The minimum Gasteiger partial charge on any atom is -0.481 e. The maximum Gasteiger partial charge on any atom is 0.338 e. The first-order chi connectivity index (χ1) is 11.4. The average Bonchev–Trinajstić information content (AvgIpc) is 2.56. The number of carbonyl (C=O) groups is 2. The molecule has 0 aliphatic heterocycles. The Morgan fingerprint density at radius 3 is 2.46 bits per heavy atom. The van der Waals surface area contributed by atoms with Gasteiger partial charge in [-0.2, -0.15) is 0 Å². The summed E-state index contributed by atoms with van der Waals surface area (Å²) in [7, 11) is 1.32. The van der Waals surface area contributed by atoms with Gasteiger partial charge < -0.3 is 14.8 Å². The largest absolute Gasteiger partial charge is 0.481 e. The van der Waals surface area contributed by atoms with Crippen LogP contribution in [0, 0.1) is 13.8 Å². The highest BCUT2D eigenvalue weighted by Gasteiger charge is 2.18. The zero-order chi connectivity index (χ0) is 17.7. The molecule has 0 radical (unpaired) electrons. The van der Waals surface area contributed by atoms with E-state index in [1.807, 2.05) is 25.1 Å². The lowest BCUT2D eigenvalue weighted by molar-refractivity contribution is -0.122. The summed E-state index contributed by atoms with van der Waals surface area (Å²) in [6, 6.07) is 12.6. The normalized spacial score (nSPS) is 11.5. The molecule has 0 heterocycles. The van der Waals surface area contributed by atoms with E-state index in [2.05, 4.69) is 5.32 Å². The van der Waals surface area contributed by atoms with Crippen molar-refractivity contribution in [3.63, 3.8) is 0 Å². The molecule has 0 bridgehead atoms. The van der Waals surface area contributed by atoms with Crippen molar-refractivity contribution >= 4 is 17.6 Å². The van der Waals surface area contributed by atoms with Crippen LogP contribution in [-0.2, 0) is 9.53 Å². The third-order valence-electron chi connectivity index (χ3n) is 3.67. The van der Waals surface area contributed by atoms with E-state index in [1.54, 1.807) is 38.1 Å². The van der Waals surface area contributed by atoms with Gasteiger partial charge in [0.1, 0.15) is 5.75 Å². The number of anilines is 1. The maximum absolute atomic E-state index is 12.4. The lowest BCUT2D eigenvalue weighted by Gasteiger charge is -2.17. The van der Waals surface area contributed by atoms with E-state index in [0.29, 0.717) is 22.6 Å². The lowest BCUT2D eigenvalue weighted by Crippen LogP contribution is -2.30. The van der Waals surface area contributed by atoms with Crippen LogP contribution in [0.5, 0.6) is 5.75 Å². The molecule has 0 aliphatic carbocycles. The smallest absolute Gasteiger partial charge is 0.338 e. The first kappa shape index (κ1) is 17.5. The Morgan fingerprint density at radius 1 is 1.08 bits per heavy atom. The van der Waals surface area contributed by atoms with Crippen molar-refractivity contribution in [2.24, 2.45) is 0 Å². The predicted octanol–water partition coefficient (Wildman–Crippen LogP) is 3.50. The van der Waals surface area contributed by atoms with Gasteiger partial charge in [0, 0.05) is 5.69 Å². The van der Waals surface area contributed by atoms with Crippen molar-refractivity contribution in [3.8, 4) is 5.75 Å². The van der Waals surface area contributed by atoms with Crippen LogP contribution >= 0.6 is 0 Å². The number of methoxy groups -OCH3 is 1. The summed E-state index contributed by atoms with van der Waals surface area (Å²) in [5, 5.41) is 2.79. The molecule has 1 amide bonds. The highest BCUT2D eigenvalue weighted by atomic mass is 16.5. The predicted molar refractivity (Wildman–Crippen MR) is 92.4 cm³/mol. The first-order valence-electron chi connectivity index (χ1n) is 7.64. The van der Waals surface area contributed by atoms with E-state index >= 15 is 0 Å². The summed E-state index contributed by atoms with van der Waals surface area (Å²) >= 11 is 0. The fraction of sp³-hybridized carbons (Fsp3) is 0.263. The number of nitrogens with one attached hydrogen (secondary N) is 1. The van der Waals surface area contributed by atoms with E-state index in [0.717, 1.165) is 5.56 Å². The molecule has 5 heteroatoms. The molecule has 0 aliphatic rings. The van der Waals surface area contributed by atoms with Gasteiger partial charge in [-0.25, -0.2) is 4.79 Å². The summed E-state index contributed by atoms with van der Waals surface area (Å²) in [5.41, 5.74) is 2.69. The fourth-order valence-corrected chi connectivity index (χ4v) is 2.28. The number of rotatable bonds is 5. The SMILES string of the molecule is COC(=O)c1cccc(NC(=O)[C@@H](C)Oc2cccc(C)c2)c1C. The van der Waals surface area contributed by atoms with E-state index in [4.69, 9.17) is 9.47 Å². The molecule has 2 aromatic carbocycles. The van der Waals surface area contributed by atoms with Gasteiger partial charge in [-0.15, -0.1) is 0 Å². The van der Waals surface area contributed by atoms with Crippen LogP contribution in [0.4, 0.5) is 5.69 Å². The number of amides is 1. The fourth-order valence-electron chi connectivity index (χ4n) is 2.28. The first-order valence-corrected chi connectivity index (χ1v) is 7.64. The average molecular weight is 327 g/mol. The van der Waals surface area contributed by atoms with Gasteiger partial charge in [-0.3, -0.25) is 4.79 Å². The van der Waals surface area contributed by atoms with Gasteiger partial charge in [0.25, 0.3) is 5.91 Å². The molecule has 2 rings (SSSR count). The minimum absolute atomic E-state index is 0.290.